The van der Waals surface area contributed by atoms with Gasteiger partial charge in [0.2, 0.25) is 0 Å². The summed E-state index contributed by atoms with van der Waals surface area (Å²) in [6.07, 6.45) is 1.75. The van der Waals surface area contributed by atoms with Gasteiger partial charge >= 0.3 is 6.16 Å². The van der Waals surface area contributed by atoms with Crippen molar-refractivity contribution in [3.63, 3.8) is 0 Å². The Morgan fingerprint density at radius 3 is 2.44 bits per heavy atom. The van der Waals surface area contributed by atoms with Crippen molar-refractivity contribution >= 4 is 11.6 Å². The van der Waals surface area contributed by atoms with Gasteiger partial charge in [0, 0.05) is 16.7 Å². The van der Waals surface area contributed by atoms with Gasteiger partial charge < -0.3 is 14.6 Å². The van der Waals surface area contributed by atoms with E-state index in [2.05, 4.69) is 0 Å². The highest BCUT2D eigenvalue weighted by atomic mass is 19.1. The van der Waals surface area contributed by atoms with E-state index in [0.29, 0.717) is 24.8 Å². The standard InChI is InChI=1S/C28H39FO7/c1-15(2)34-28(35-16(3)4)33-14-23(32)27(36-28)10-8-19-18-12-21(29)20-11-17(30)7-9-25(20,5)24(18)22(31)13-26(19,27)6/h7,9,11,15-16,18-19,21-22,24,31H,8,10,12-14H2,1-6H3/t18-,19-,21-,22?,24+,25-,26-,27-/m0/s1. The van der Waals surface area contributed by atoms with E-state index in [1.807, 2.05) is 41.5 Å². The maximum absolute atomic E-state index is 15.6. The predicted octanol–water partition coefficient (Wildman–Crippen LogP) is 4.03. The average Bonchev–Trinajstić information content (AvgIpc) is 3.03. The van der Waals surface area contributed by atoms with Crippen LogP contribution in [0, 0.1) is 28.6 Å². The van der Waals surface area contributed by atoms with Crippen molar-refractivity contribution in [1.29, 1.82) is 0 Å². The van der Waals surface area contributed by atoms with Crippen LogP contribution in [0.1, 0.15) is 67.2 Å². The number of carbonyl (C=O) groups excluding carboxylic acids is 2. The van der Waals surface area contributed by atoms with Crippen LogP contribution in [0.2, 0.25) is 0 Å². The molecule has 5 aliphatic rings. The first kappa shape index (κ1) is 26.2. The third-order valence-corrected chi connectivity index (χ3v) is 9.49. The molecule has 1 unspecified atom stereocenters. The Kier molecular flexibility index (Phi) is 6.20. The van der Waals surface area contributed by atoms with Crippen molar-refractivity contribution in [3.05, 3.63) is 23.8 Å². The van der Waals surface area contributed by atoms with Crippen molar-refractivity contribution in [2.75, 3.05) is 6.61 Å². The number of aliphatic hydroxyl groups excluding tert-OH is 1. The maximum Gasteiger partial charge on any atom is 0.414 e. The highest BCUT2D eigenvalue weighted by molar-refractivity contribution is 6.01. The van der Waals surface area contributed by atoms with Crippen molar-refractivity contribution in [2.24, 2.45) is 28.6 Å². The van der Waals surface area contributed by atoms with Crippen LogP contribution in [0.25, 0.3) is 0 Å². The number of allylic oxidation sites excluding steroid dienone is 4. The molecule has 3 saturated carbocycles. The molecule has 0 aromatic rings. The SMILES string of the molecule is CC(C)OC1(OC(C)C)OCC(=O)[C@]2(CC[C@H]3[C@@H]4C[C@H](F)C5=CC(=O)C=C[C@]5(C)[C@H]4C(O)C[C@@]32C)O1. The summed E-state index contributed by atoms with van der Waals surface area (Å²) in [4.78, 5) is 25.7. The van der Waals surface area contributed by atoms with Gasteiger partial charge in [0.05, 0.1) is 18.3 Å². The van der Waals surface area contributed by atoms with Crippen LogP contribution in [-0.4, -0.2) is 59.5 Å². The number of halogens is 1. The van der Waals surface area contributed by atoms with Gasteiger partial charge in [0.1, 0.15) is 18.4 Å². The van der Waals surface area contributed by atoms with Crippen LogP contribution in [0.3, 0.4) is 0 Å². The van der Waals surface area contributed by atoms with Gasteiger partial charge in [-0.05, 0) is 82.9 Å². The summed E-state index contributed by atoms with van der Waals surface area (Å²) < 4.78 is 40.0. The summed E-state index contributed by atoms with van der Waals surface area (Å²) in [5, 5.41) is 11.7. The number of carbonyl (C=O) groups is 2. The minimum absolute atomic E-state index is 0.0635. The average molecular weight is 507 g/mol. The van der Waals surface area contributed by atoms with E-state index in [4.69, 9.17) is 18.9 Å². The van der Waals surface area contributed by atoms with Crippen LogP contribution >= 0.6 is 0 Å². The van der Waals surface area contributed by atoms with E-state index in [0.717, 1.165) is 0 Å². The molecule has 1 aliphatic heterocycles. The molecular weight excluding hydrogens is 467 g/mol. The van der Waals surface area contributed by atoms with E-state index in [9.17, 15) is 14.7 Å². The lowest BCUT2D eigenvalue weighted by Crippen LogP contribution is -2.69. The molecule has 200 valence electrons. The van der Waals surface area contributed by atoms with Crippen LogP contribution in [0.5, 0.6) is 0 Å². The summed E-state index contributed by atoms with van der Waals surface area (Å²) in [6.45, 7) is 11.0. The molecule has 8 atom stereocenters. The molecule has 1 heterocycles. The summed E-state index contributed by atoms with van der Waals surface area (Å²) in [5.41, 5.74) is -2.35. The van der Waals surface area contributed by atoms with E-state index in [1.54, 1.807) is 6.08 Å². The molecule has 7 nitrogen and oxygen atoms in total. The second-order valence-corrected chi connectivity index (χ2v) is 12.3. The molecule has 0 aromatic heterocycles. The molecule has 0 amide bonds. The van der Waals surface area contributed by atoms with Crippen LogP contribution in [0.4, 0.5) is 4.39 Å². The molecule has 5 rings (SSSR count). The zero-order chi connectivity index (χ0) is 26.3. The number of rotatable bonds is 4. The number of ether oxygens (including phenoxy) is 4. The number of hydrogen-bond donors (Lipinski definition) is 1. The molecule has 1 saturated heterocycles. The Bertz CT molecular complexity index is 994. The molecular formula is C28H39FO7. The second-order valence-electron chi connectivity index (χ2n) is 12.3. The Hall–Kier alpha value is -1.45. The Balaban J connectivity index is 1.54. The molecule has 0 bridgehead atoms. The lowest BCUT2D eigenvalue weighted by atomic mass is 9.46. The summed E-state index contributed by atoms with van der Waals surface area (Å²) in [6, 6.07) is 0. The third-order valence-electron chi connectivity index (χ3n) is 9.49. The summed E-state index contributed by atoms with van der Waals surface area (Å²) in [7, 11) is 0. The normalized spacial score (nSPS) is 45.6. The van der Waals surface area contributed by atoms with Crippen LogP contribution in [-0.2, 0) is 28.5 Å². The summed E-state index contributed by atoms with van der Waals surface area (Å²) >= 11 is 0. The minimum Gasteiger partial charge on any atom is -0.393 e. The Morgan fingerprint density at radius 2 is 1.81 bits per heavy atom. The first-order valence-electron chi connectivity index (χ1n) is 13.3. The van der Waals surface area contributed by atoms with Gasteiger partial charge in [-0.1, -0.05) is 19.9 Å². The van der Waals surface area contributed by atoms with E-state index in [1.165, 1.54) is 12.2 Å². The Labute approximate surface area is 212 Å². The Morgan fingerprint density at radius 1 is 1.14 bits per heavy atom. The van der Waals surface area contributed by atoms with Gasteiger partial charge in [-0.25, -0.2) is 4.39 Å². The lowest BCUT2D eigenvalue weighted by molar-refractivity contribution is -0.542. The van der Waals surface area contributed by atoms with E-state index >= 15 is 4.39 Å². The molecule has 8 heteroatoms. The highest BCUT2D eigenvalue weighted by Crippen LogP contribution is 2.69. The number of alkyl halides is 1. The smallest absolute Gasteiger partial charge is 0.393 e. The highest BCUT2D eigenvalue weighted by Gasteiger charge is 2.73. The van der Waals surface area contributed by atoms with Crippen molar-refractivity contribution in [2.45, 2.75) is 103 Å². The minimum atomic E-state index is -1.83. The van der Waals surface area contributed by atoms with Crippen molar-refractivity contribution in [3.8, 4) is 0 Å². The lowest BCUT2D eigenvalue weighted by Gasteiger charge is -2.61. The van der Waals surface area contributed by atoms with Crippen LogP contribution in [0.15, 0.2) is 23.8 Å². The fraction of sp³-hybridized carbons (Fsp3) is 0.786. The molecule has 0 radical (unpaired) electrons. The van der Waals surface area contributed by atoms with Gasteiger partial charge in [-0.3, -0.25) is 19.1 Å². The van der Waals surface area contributed by atoms with E-state index < -0.39 is 34.9 Å². The fourth-order valence-corrected chi connectivity index (χ4v) is 8.24. The third kappa shape index (κ3) is 3.62. The van der Waals surface area contributed by atoms with Crippen LogP contribution < -0.4 is 0 Å². The first-order chi connectivity index (χ1) is 16.8. The zero-order valence-corrected chi connectivity index (χ0v) is 22.1. The monoisotopic (exact) mass is 506 g/mol. The maximum atomic E-state index is 15.6. The number of fused-ring (bicyclic) bond motifs is 6. The quantitative estimate of drug-likeness (QED) is 0.576. The number of Topliss-reactive ketones (excluding diaryl/α,β-unsaturated/α-hetero) is 1. The summed E-state index contributed by atoms with van der Waals surface area (Å²) in [5.74, 6) is -0.917. The first-order valence-corrected chi connectivity index (χ1v) is 13.3. The molecule has 1 N–H and O–H groups in total. The second kappa shape index (κ2) is 8.53. The van der Waals surface area contributed by atoms with Gasteiger partial charge in [-0.15, -0.1) is 0 Å². The largest absolute Gasteiger partial charge is 0.414 e. The molecule has 0 aromatic carbocycles. The van der Waals surface area contributed by atoms with Gasteiger partial charge in [0.25, 0.3) is 0 Å². The number of aliphatic hydroxyl groups is 1. The van der Waals surface area contributed by atoms with Crippen molar-refractivity contribution < 1.29 is 38.0 Å². The topological polar surface area (TPSA) is 91.3 Å². The molecule has 36 heavy (non-hydrogen) atoms. The fourth-order valence-electron chi connectivity index (χ4n) is 8.24. The zero-order valence-electron chi connectivity index (χ0n) is 22.1. The molecule has 4 fully saturated rings. The number of ketones is 2. The molecule has 1 spiro atoms. The van der Waals surface area contributed by atoms with E-state index in [-0.39, 0.29) is 54.6 Å². The predicted molar refractivity (Wildman–Crippen MR) is 128 cm³/mol. The van der Waals surface area contributed by atoms with Crippen molar-refractivity contribution in [1.82, 2.24) is 0 Å². The van der Waals surface area contributed by atoms with Gasteiger partial charge in [-0.2, -0.15) is 0 Å². The molecule has 4 aliphatic carbocycles. The number of hydrogen-bond acceptors (Lipinski definition) is 7. The van der Waals surface area contributed by atoms with Gasteiger partial charge in [0.15, 0.2) is 11.6 Å².